The molecule has 1 aliphatic heterocycles. The van der Waals surface area contributed by atoms with E-state index < -0.39 is 12.0 Å². The van der Waals surface area contributed by atoms with E-state index in [1.807, 2.05) is 0 Å². The van der Waals surface area contributed by atoms with E-state index in [0.29, 0.717) is 18.8 Å². The Morgan fingerprint density at radius 2 is 2.47 bits per heavy atom. The zero-order valence-electron chi connectivity index (χ0n) is 9.22. The molecule has 1 saturated heterocycles. The summed E-state index contributed by atoms with van der Waals surface area (Å²) in [4.78, 5) is 30.8. The number of likely N-dealkylation sites (tertiary alicyclic amines) is 1. The molecule has 7 heteroatoms. The fourth-order valence-electron chi connectivity index (χ4n) is 1.92. The molecule has 0 saturated carbocycles. The normalized spacial score (nSPS) is 19.3. The maximum atomic E-state index is 11.8. The first-order valence-corrected chi connectivity index (χ1v) is 5.44. The van der Waals surface area contributed by atoms with Crippen LogP contribution >= 0.6 is 0 Å². The number of hydrogen-bond donors (Lipinski definition) is 3. The first-order valence-electron chi connectivity index (χ1n) is 5.44. The molecule has 3 N–H and O–H groups in total. The quantitative estimate of drug-likeness (QED) is 0.699. The molecule has 1 aromatic heterocycles. The van der Waals surface area contributed by atoms with Crippen molar-refractivity contribution < 1.29 is 14.7 Å². The number of carboxylic acids is 1. The average Bonchev–Trinajstić information content (AvgIpc) is 2.96. The molecular formula is C10H14N4O3. The van der Waals surface area contributed by atoms with E-state index in [0.717, 1.165) is 6.42 Å². The van der Waals surface area contributed by atoms with Gasteiger partial charge in [-0.15, -0.1) is 0 Å². The third kappa shape index (κ3) is 2.55. The molecule has 17 heavy (non-hydrogen) atoms. The van der Waals surface area contributed by atoms with Gasteiger partial charge in [-0.05, 0) is 12.8 Å². The third-order valence-corrected chi connectivity index (χ3v) is 2.76. The number of aromatic nitrogens is 2. The number of imidazole rings is 1. The van der Waals surface area contributed by atoms with Gasteiger partial charge >= 0.3 is 12.0 Å². The summed E-state index contributed by atoms with van der Waals surface area (Å²) in [6.45, 7) is 0.760. The van der Waals surface area contributed by atoms with E-state index in [-0.39, 0.29) is 12.6 Å². The predicted molar refractivity (Wildman–Crippen MR) is 58.2 cm³/mol. The summed E-state index contributed by atoms with van der Waals surface area (Å²) in [6.07, 6.45) is 4.50. The van der Waals surface area contributed by atoms with Crippen LogP contribution in [0.5, 0.6) is 0 Å². The van der Waals surface area contributed by atoms with Gasteiger partial charge in [-0.25, -0.2) is 14.6 Å². The monoisotopic (exact) mass is 238 g/mol. The lowest BCUT2D eigenvalue weighted by atomic mass is 10.2. The maximum absolute atomic E-state index is 11.8. The third-order valence-electron chi connectivity index (χ3n) is 2.76. The Hall–Kier alpha value is -2.05. The van der Waals surface area contributed by atoms with Gasteiger partial charge in [0.1, 0.15) is 11.9 Å². The van der Waals surface area contributed by atoms with Gasteiger partial charge in [0.25, 0.3) is 0 Å². The number of nitrogens with one attached hydrogen (secondary N) is 2. The second-order valence-electron chi connectivity index (χ2n) is 3.88. The minimum atomic E-state index is -0.948. The number of carboxylic acid groups (broad SMARTS) is 1. The second-order valence-corrected chi connectivity index (χ2v) is 3.88. The van der Waals surface area contributed by atoms with Crippen molar-refractivity contribution in [3.63, 3.8) is 0 Å². The summed E-state index contributed by atoms with van der Waals surface area (Å²) in [6, 6.07) is -1.06. The minimum absolute atomic E-state index is 0.272. The van der Waals surface area contributed by atoms with Gasteiger partial charge in [0.15, 0.2) is 0 Å². The van der Waals surface area contributed by atoms with Gasteiger partial charge in [0, 0.05) is 18.9 Å². The lowest BCUT2D eigenvalue weighted by molar-refractivity contribution is -0.141. The lowest BCUT2D eigenvalue weighted by Crippen LogP contribution is -2.45. The first-order chi connectivity index (χ1) is 8.18. The van der Waals surface area contributed by atoms with Crippen LogP contribution < -0.4 is 5.32 Å². The minimum Gasteiger partial charge on any atom is -0.480 e. The fourth-order valence-corrected chi connectivity index (χ4v) is 1.92. The molecule has 2 rings (SSSR count). The van der Waals surface area contributed by atoms with Crippen molar-refractivity contribution in [2.24, 2.45) is 0 Å². The zero-order chi connectivity index (χ0) is 12.3. The van der Waals surface area contributed by atoms with Crippen molar-refractivity contribution in [3.05, 3.63) is 18.2 Å². The van der Waals surface area contributed by atoms with Crippen molar-refractivity contribution in [2.45, 2.75) is 25.4 Å². The molecule has 0 spiro atoms. The van der Waals surface area contributed by atoms with Crippen molar-refractivity contribution in [3.8, 4) is 0 Å². The number of amides is 2. The Kier molecular flexibility index (Phi) is 3.27. The molecule has 1 atom stereocenters. The van der Waals surface area contributed by atoms with Crippen LogP contribution in [0.15, 0.2) is 12.4 Å². The summed E-state index contributed by atoms with van der Waals surface area (Å²) in [5.74, 6) is -0.305. The van der Waals surface area contributed by atoms with Crippen molar-refractivity contribution in [2.75, 3.05) is 6.54 Å². The second kappa shape index (κ2) is 4.86. The summed E-state index contributed by atoms with van der Waals surface area (Å²) < 4.78 is 0. The highest BCUT2D eigenvalue weighted by Gasteiger charge is 2.33. The van der Waals surface area contributed by atoms with Crippen LogP contribution in [0.1, 0.15) is 18.7 Å². The van der Waals surface area contributed by atoms with E-state index in [1.54, 1.807) is 12.4 Å². The van der Waals surface area contributed by atoms with Crippen LogP contribution in [0, 0.1) is 0 Å². The average molecular weight is 238 g/mol. The Labute approximate surface area is 97.8 Å². The van der Waals surface area contributed by atoms with E-state index in [2.05, 4.69) is 15.3 Å². The molecule has 0 aromatic carbocycles. The molecular weight excluding hydrogens is 224 g/mol. The highest BCUT2D eigenvalue weighted by Crippen LogP contribution is 2.17. The molecule has 0 radical (unpaired) electrons. The van der Waals surface area contributed by atoms with Crippen LogP contribution in [0.2, 0.25) is 0 Å². The highest BCUT2D eigenvalue weighted by molar-refractivity contribution is 5.83. The Bertz CT molecular complexity index is 404. The molecule has 0 aliphatic carbocycles. The molecule has 0 unspecified atom stereocenters. The van der Waals surface area contributed by atoms with Gasteiger partial charge in [0.2, 0.25) is 0 Å². The number of urea groups is 1. The summed E-state index contributed by atoms with van der Waals surface area (Å²) in [5.41, 5.74) is 0. The van der Waals surface area contributed by atoms with E-state index in [1.165, 1.54) is 4.90 Å². The molecule has 1 aromatic rings. The molecule has 7 nitrogen and oxygen atoms in total. The Morgan fingerprint density at radius 3 is 3.12 bits per heavy atom. The maximum Gasteiger partial charge on any atom is 0.326 e. The predicted octanol–water partition coefficient (Wildman–Crippen LogP) is 0.168. The van der Waals surface area contributed by atoms with Gasteiger partial charge in [-0.2, -0.15) is 0 Å². The standard InChI is InChI=1S/C10H14N4O3/c15-9(16)7-2-1-5-14(7)10(17)13-6-8-11-3-4-12-8/h3-4,7H,1-2,5-6H2,(H,11,12)(H,13,17)(H,15,16)/t7-/m1/s1. The molecule has 92 valence electrons. The van der Waals surface area contributed by atoms with Crippen LogP contribution in [-0.4, -0.2) is 44.6 Å². The van der Waals surface area contributed by atoms with Gasteiger partial charge in [-0.1, -0.05) is 0 Å². The Balaban J connectivity index is 1.89. The number of rotatable bonds is 3. The van der Waals surface area contributed by atoms with Crippen LogP contribution in [0.4, 0.5) is 4.79 Å². The largest absolute Gasteiger partial charge is 0.480 e. The molecule has 1 fully saturated rings. The SMILES string of the molecule is O=C(O)[C@H]1CCCN1C(=O)NCc1ncc[nH]1. The number of hydrogen-bond acceptors (Lipinski definition) is 3. The lowest BCUT2D eigenvalue weighted by Gasteiger charge is -2.21. The number of carbonyl (C=O) groups excluding carboxylic acids is 1. The summed E-state index contributed by atoms with van der Waals surface area (Å²) >= 11 is 0. The number of carbonyl (C=O) groups is 2. The van der Waals surface area contributed by atoms with Crippen LogP contribution in [0.3, 0.4) is 0 Å². The van der Waals surface area contributed by atoms with E-state index in [9.17, 15) is 9.59 Å². The molecule has 2 heterocycles. The zero-order valence-corrected chi connectivity index (χ0v) is 9.22. The first kappa shape index (κ1) is 11.4. The van der Waals surface area contributed by atoms with Gasteiger partial charge in [0.05, 0.1) is 6.54 Å². The van der Waals surface area contributed by atoms with Crippen molar-refractivity contribution in [1.29, 1.82) is 0 Å². The smallest absolute Gasteiger partial charge is 0.326 e. The molecule has 2 amide bonds. The number of aliphatic carboxylic acids is 1. The summed E-state index contributed by atoms with van der Waals surface area (Å²) in [5, 5.41) is 11.6. The number of H-pyrrole nitrogens is 1. The van der Waals surface area contributed by atoms with Gasteiger partial charge in [-0.3, -0.25) is 0 Å². The summed E-state index contributed by atoms with van der Waals surface area (Å²) in [7, 11) is 0. The van der Waals surface area contributed by atoms with E-state index in [4.69, 9.17) is 5.11 Å². The number of aromatic amines is 1. The number of nitrogens with zero attached hydrogens (tertiary/aromatic N) is 2. The molecule has 1 aliphatic rings. The van der Waals surface area contributed by atoms with Crippen LogP contribution in [0.25, 0.3) is 0 Å². The highest BCUT2D eigenvalue weighted by atomic mass is 16.4. The van der Waals surface area contributed by atoms with Gasteiger partial charge < -0.3 is 20.3 Å². The fraction of sp³-hybridized carbons (Fsp3) is 0.500. The van der Waals surface area contributed by atoms with E-state index >= 15 is 0 Å². The van der Waals surface area contributed by atoms with Crippen molar-refractivity contribution in [1.82, 2.24) is 20.2 Å². The topological polar surface area (TPSA) is 98.3 Å². The Morgan fingerprint density at radius 1 is 1.65 bits per heavy atom. The molecule has 0 bridgehead atoms. The van der Waals surface area contributed by atoms with Crippen LogP contribution in [-0.2, 0) is 11.3 Å². The van der Waals surface area contributed by atoms with Crippen molar-refractivity contribution >= 4 is 12.0 Å².